The van der Waals surface area contributed by atoms with Crippen LogP contribution in [0.15, 0.2) is 35.7 Å². The molecule has 0 amide bonds. The van der Waals surface area contributed by atoms with E-state index in [2.05, 4.69) is 58.3 Å². The van der Waals surface area contributed by atoms with E-state index in [1.165, 1.54) is 35.7 Å². The van der Waals surface area contributed by atoms with Gasteiger partial charge in [0, 0.05) is 28.7 Å². The summed E-state index contributed by atoms with van der Waals surface area (Å²) in [5, 5.41) is 9.02. The van der Waals surface area contributed by atoms with Crippen LogP contribution in [0.5, 0.6) is 0 Å². The Morgan fingerprint density at radius 2 is 1.81 bits per heavy atom. The molecule has 2 heterocycles. The molecule has 27 heavy (non-hydrogen) atoms. The number of thioether (sulfide) groups is 1. The normalized spacial score (nSPS) is 13.9. The predicted molar refractivity (Wildman–Crippen MR) is 108 cm³/mol. The van der Waals surface area contributed by atoms with Gasteiger partial charge in [-0.3, -0.25) is 4.79 Å². The second-order valence-corrected chi connectivity index (χ2v) is 8.37. The fraction of sp³-hybridized carbons (Fsp3) is 0.381. The minimum absolute atomic E-state index is 0.133. The standard InChI is InChI=1S/C21H24N4OS/c1-13-7-14(2)9-18(8-13)25-15(3)10-19(16(25)4)20(26)11-27-21-23-22-12-24(21)17-5-6-17/h7-10,12,17H,5-6,11H2,1-4H3. The van der Waals surface area contributed by atoms with Crippen LogP contribution < -0.4 is 0 Å². The van der Waals surface area contributed by atoms with Crippen LogP contribution in [0.2, 0.25) is 0 Å². The molecule has 4 rings (SSSR count). The van der Waals surface area contributed by atoms with Crippen LogP contribution in [0.3, 0.4) is 0 Å². The Labute approximate surface area is 163 Å². The van der Waals surface area contributed by atoms with E-state index in [0.717, 1.165) is 27.8 Å². The number of aryl methyl sites for hydroxylation is 3. The topological polar surface area (TPSA) is 52.7 Å². The van der Waals surface area contributed by atoms with E-state index < -0.39 is 0 Å². The molecule has 0 aliphatic heterocycles. The van der Waals surface area contributed by atoms with E-state index in [1.807, 2.05) is 13.0 Å². The summed E-state index contributed by atoms with van der Waals surface area (Å²) in [6.07, 6.45) is 4.13. The second-order valence-electron chi connectivity index (χ2n) is 7.43. The van der Waals surface area contributed by atoms with Gasteiger partial charge >= 0.3 is 0 Å². The van der Waals surface area contributed by atoms with Crippen molar-refractivity contribution in [3.8, 4) is 5.69 Å². The van der Waals surface area contributed by atoms with Crippen LogP contribution in [-0.2, 0) is 0 Å². The lowest BCUT2D eigenvalue weighted by Crippen LogP contribution is -2.07. The lowest BCUT2D eigenvalue weighted by Gasteiger charge is -2.12. The highest BCUT2D eigenvalue weighted by atomic mass is 32.2. The zero-order chi connectivity index (χ0) is 19.1. The Morgan fingerprint density at radius 3 is 2.48 bits per heavy atom. The van der Waals surface area contributed by atoms with Crippen molar-refractivity contribution >= 4 is 17.5 Å². The Bertz CT molecular complexity index is 993. The second kappa shape index (κ2) is 7.00. The summed E-state index contributed by atoms with van der Waals surface area (Å²) in [6, 6.07) is 9.01. The monoisotopic (exact) mass is 380 g/mol. The molecule has 0 radical (unpaired) electrons. The first-order valence-corrected chi connectivity index (χ1v) is 10.3. The van der Waals surface area contributed by atoms with Gasteiger partial charge in [-0.1, -0.05) is 17.8 Å². The molecule has 2 aromatic heterocycles. The lowest BCUT2D eigenvalue weighted by molar-refractivity contribution is 0.102. The van der Waals surface area contributed by atoms with E-state index in [9.17, 15) is 4.79 Å². The first-order valence-electron chi connectivity index (χ1n) is 9.27. The predicted octanol–water partition coefficient (Wildman–Crippen LogP) is 4.61. The van der Waals surface area contributed by atoms with Crippen LogP contribution >= 0.6 is 11.8 Å². The molecule has 1 saturated carbocycles. The first kappa shape index (κ1) is 18.0. The summed E-state index contributed by atoms with van der Waals surface area (Å²) >= 11 is 1.48. The number of aromatic nitrogens is 4. The fourth-order valence-electron chi connectivity index (χ4n) is 3.67. The van der Waals surface area contributed by atoms with Gasteiger partial charge in [-0.05, 0) is 69.9 Å². The highest BCUT2D eigenvalue weighted by molar-refractivity contribution is 7.99. The molecule has 1 aromatic carbocycles. The minimum Gasteiger partial charge on any atom is -0.318 e. The van der Waals surface area contributed by atoms with Gasteiger partial charge in [-0.25, -0.2) is 0 Å². The van der Waals surface area contributed by atoms with E-state index in [0.29, 0.717) is 11.8 Å². The summed E-state index contributed by atoms with van der Waals surface area (Å²) < 4.78 is 4.27. The molecule has 0 N–H and O–H groups in total. The van der Waals surface area contributed by atoms with Gasteiger partial charge in [-0.15, -0.1) is 10.2 Å². The van der Waals surface area contributed by atoms with Gasteiger partial charge in [0.1, 0.15) is 6.33 Å². The molecule has 5 nitrogen and oxygen atoms in total. The highest BCUT2D eigenvalue weighted by Crippen LogP contribution is 2.37. The molecule has 6 heteroatoms. The molecule has 140 valence electrons. The van der Waals surface area contributed by atoms with Crippen molar-refractivity contribution in [1.29, 1.82) is 0 Å². The fourth-order valence-corrected chi connectivity index (χ4v) is 4.53. The van der Waals surface area contributed by atoms with Gasteiger partial charge in [-0.2, -0.15) is 0 Å². The van der Waals surface area contributed by atoms with Crippen molar-refractivity contribution in [3.63, 3.8) is 0 Å². The molecular weight excluding hydrogens is 356 g/mol. The number of ketones is 1. The number of Topliss-reactive ketones (excluding diaryl/α,β-unsaturated/α-hetero) is 1. The van der Waals surface area contributed by atoms with E-state index in [-0.39, 0.29) is 5.78 Å². The maximum Gasteiger partial charge on any atom is 0.191 e. The molecule has 1 aliphatic carbocycles. The summed E-state index contributed by atoms with van der Waals surface area (Å²) in [5.74, 6) is 0.511. The van der Waals surface area contributed by atoms with Crippen molar-refractivity contribution in [2.45, 2.75) is 51.7 Å². The SMILES string of the molecule is Cc1cc(C)cc(-n2c(C)cc(C(=O)CSc3nncn3C3CC3)c2C)c1. The Kier molecular flexibility index (Phi) is 4.68. The zero-order valence-corrected chi connectivity index (χ0v) is 17.0. The first-order chi connectivity index (χ1) is 12.9. The Balaban J connectivity index is 1.57. The van der Waals surface area contributed by atoms with Crippen LogP contribution in [-0.4, -0.2) is 30.9 Å². The van der Waals surface area contributed by atoms with E-state index in [1.54, 1.807) is 6.33 Å². The summed E-state index contributed by atoms with van der Waals surface area (Å²) in [4.78, 5) is 12.9. The van der Waals surface area contributed by atoms with Crippen LogP contribution in [0.25, 0.3) is 5.69 Å². The van der Waals surface area contributed by atoms with E-state index in [4.69, 9.17) is 0 Å². The minimum atomic E-state index is 0.133. The van der Waals surface area contributed by atoms with Crippen molar-refractivity contribution in [1.82, 2.24) is 19.3 Å². The third-order valence-corrected chi connectivity index (χ3v) is 5.97. The van der Waals surface area contributed by atoms with Gasteiger partial charge in [0.15, 0.2) is 10.9 Å². The number of carbonyl (C=O) groups is 1. The smallest absolute Gasteiger partial charge is 0.191 e. The number of carbonyl (C=O) groups excluding carboxylic acids is 1. The van der Waals surface area contributed by atoms with Crippen molar-refractivity contribution in [2.75, 3.05) is 5.75 Å². The lowest BCUT2D eigenvalue weighted by atomic mass is 10.1. The quantitative estimate of drug-likeness (QED) is 0.463. The number of benzene rings is 1. The third-order valence-electron chi connectivity index (χ3n) is 5.01. The van der Waals surface area contributed by atoms with Gasteiger partial charge < -0.3 is 9.13 Å². The number of rotatable bonds is 6. The van der Waals surface area contributed by atoms with Crippen molar-refractivity contribution in [2.24, 2.45) is 0 Å². The largest absolute Gasteiger partial charge is 0.318 e. The Morgan fingerprint density at radius 1 is 1.11 bits per heavy atom. The summed E-state index contributed by atoms with van der Waals surface area (Å²) in [5.41, 5.74) is 6.42. The van der Waals surface area contributed by atoms with Gasteiger partial charge in [0.2, 0.25) is 0 Å². The average molecular weight is 381 g/mol. The third kappa shape index (κ3) is 3.58. The molecule has 0 bridgehead atoms. The van der Waals surface area contributed by atoms with Crippen LogP contribution in [0.1, 0.15) is 51.8 Å². The molecule has 0 spiro atoms. The summed E-state index contributed by atoms with van der Waals surface area (Å²) in [6.45, 7) is 8.28. The number of hydrogen-bond acceptors (Lipinski definition) is 4. The zero-order valence-electron chi connectivity index (χ0n) is 16.2. The molecular formula is C21H24N4OS. The molecule has 3 aromatic rings. The van der Waals surface area contributed by atoms with E-state index >= 15 is 0 Å². The average Bonchev–Trinajstić information content (AvgIpc) is 3.26. The molecule has 1 fully saturated rings. The number of nitrogens with zero attached hydrogens (tertiary/aromatic N) is 4. The summed E-state index contributed by atoms with van der Waals surface area (Å²) in [7, 11) is 0. The van der Waals surface area contributed by atoms with Gasteiger partial charge in [0.05, 0.1) is 5.75 Å². The maximum absolute atomic E-state index is 12.9. The van der Waals surface area contributed by atoms with Crippen LogP contribution in [0, 0.1) is 27.7 Å². The van der Waals surface area contributed by atoms with Crippen molar-refractivity contribution in [3.05, 3.63) is 58.7 Å². The number of hydrogen-bond donors (Lipinski definition) is 0. The van der Waals surface area contributed by atoms with Crippen LogP contribution in [0.4, 0.5) is 0 Å². The molecule has 1 aliphatic rings. The molecule has 0 saturated heterocycles. The van der Waals surface area contributed by atoms with Gasteiger partial charge in [0.25, 0.3) is 0 Å². The maximum atomic E-state index is 12.9. The molecule has 0 atom stereocenters. The van der Waals surface area contributed by atoms with Crippen molar-refractivity contribution < 1.29 is 4.79 Å². The highest BCUT2D eigenvalue weighted by Gasteiger charge is 2.27. The Hall–Kier alpha value is -2.34. The molecule has 0 unspecified atom stereocenters.